The highest BCUT2D eigenvalue weighted by Crippen LogP contribution is 2.24. The first-order valence-corrected chi connectivity index (χ1v) is 12.3. The Morgan fingerprint density at radius 1 is 0.607 bits per heavy atom. The van der Waals surface area contributed by atoms with Crippen LogP contribution in [0.5, 0.6) is 0 Å². The van der Waals surface area contributed by atoms with Crippen LogP contribution in [0.25, 0.3) is 0 Å². The van der Waals surface area contributed by atoms with Crippen LogP contribution in [0.1, 0.15) is 116 Å². The number of hydrogen-bond acceptors (Lipinski definition) is 0. The molecule has 3 unspecified atom stereocenters. The van der Waals surface area contributed by atoms with Gasteiger partial charge in [0.05, 0.1) is 0 Å². The molecule has 0 aliphatic rings. The molecule has 0 aromatic heterocycles. The average molecular weight is 387 g/mol. The van der Waals surface area contributed by atoms with E-state index in [0.29, 0.717) is 0 Å². The van der Waals surface area contributed by atoms with Crippen molar-refractivity contribution in [1.82, 2.24) is 0 Å². The lowest BCUT2D eigenvalue weighted by atomic mass is 9.89. The third kappa shape index (κ3) is 11.3. The summed E-state index contributed by atoms with van der Waals surface area (Å²) in [5, 5.41) is 0. The van der Waals surface area contributed by atoms with Gasteiger partial charge in [0.15, 0.2) is 0 Å². The van der Waals surface area contributed by atoms with Crippen molar-refractivity contribution in [1.29, 1.82) is 0 Å². The molecule has 0 bridgehead atoms. The Morgan fingerprint density at radius 3 is 1.57 bits per heavy atom. The fraction of sp³-hybridized carbons (Fsp3) is 0.786. The van der Waals surface area contributed by atoms with Crippen molar-refractivity contribution < 1.29 is 0 Å². The summed E-state index contributed by atoms with van der Waals surface area (Å²) in [5.41, 5.74) is 4.50. The monoisotopic (exact) mass is 386 g/mol. The molecule has 28 heavy (non-hydrogen) atoms. The van der Waals surface area contributed by atoms with E-state index in [9.17, 15) is 0 Å². The van der Waals surface area contributed by atoms with Gasteiger partial charge in [0.2, 0.25) is 0 Å². The molecule has 0 heteroatoms. The largest absolute Gasteiger partial charge is 0.0628 e. The van der Waals surface area contributed by atoms with E-state index in [1.165, 1.54) is 81.8 Å². The predicted octanol–water partition coefficient (Wildman–Crippen LogP) is 9.31. The highest BCUT2D eigenvalue weighted by atomic mass is 14.1. The molecule has 1 rings (SSSR count). The number of rotatable bonds is 15. The van der Waals surface area contributed by atoms with Gasteiger partial charge < -0.3 is 0 Å². The minimum absolute atomic E-state index is 0.855. The Morgan fingerprint density at radius 2 is 1.07 bits per heavy atom. The van der Waals surface area contributed by atoms with Crippen molar-refractivity contribution in [2.24, 2.45) is 23.7 Å². The maximum atomic E-state index is 2.48. The Balaban J connectivity index is 2.08. The molecule has 1 aromatic rings. The van der Waals surface area contributed by atoms with Crippen LogP contribution in [-0.2, 0) is 6.42 Å². The fourth-order valence-electron chi connectivity index (χ4n) is 4.42. The van der Waals surface area contributed by atoms with E-state index in [-0.39, 0.29) is 0 Å². The number of aryl methyl sites for hydroxylation is 2. The first-order chi connectivity index (χ1) is 13.3. The lowest BCUT2D eigenvalue weighted by molar-refractivity contribution is 0.374. The van der Waals surface area contributed by atoms with Crippen LogP contribution in [0.2, 0.25) is 0 Å². The van der Waals surface area contributed by atoms with E-state index in [1.54, 1.807) is 5.56 Å². The number of hydrogen-bond donors (Lipinski definition) is 0. The van der Waals surface area contributed by atoms with Crippen molar-refractivity contribution in [3.8, 4) is 0 Å². The minimum atomic E-state index is 0.855. The summed E-state index contributed by atoms with van der Waals surface area (Å²) in [6.07, 6.45) is 15.4. The highest BCUT2D eigenvalue weighted by Gasteiger charge is 2.09. The van der Waals surface area contributed by atoms with Crippen molar-refractivity contribution in [2.45, 2.75) is 119 Å². The van der Waals surface area contributed by atoms with E-state index >= 15 is 0 Å². The van der Waals surface area contributed by atoms with Crippen LogP contribution >= 0.6 is 0 Å². The third-order valence-electron chi connectivity index (χ3n) is 6.89. The lowest BCUT2D eigenvalue weighted by Gasteiger charge is -2.17. The average Bonchev–Trinajstić information content (AvgIpc) is 2.62. The second-order valence-electron chi connectivity index (χ2n) is 10.4. The Kier molecular flexibility index (Phi) is 12.8. The molecule has 0 radical (unpaired) electrons. The highest BCUT2D eigenvalue weighted by molar-refractivity contribution is 5.33. The molecule has 0 amide bonds. The molecule has 0 heterocycles. The first-order valence-electron chi connectivity index (χ1n) is 12.3. The van der Waals surface area contributed by atoms with E-state index < -0.39 is 0 Å². The van der Waals surface area contributed by atoms with Gasteiger partial charge in [-0.15, -0.1) is 0 Å². The van der Waals surface area contributed by atoms with Crippen molar-refractivity contribution in [2.75, 3.05) is 0 Å². The van der Waals surface area contributed by atoms with Crippen LogP contribution in [0.4, 0.5) is 0 Å². The summed E-state index contributed by atoms with van der Waals surface area (Å²) < 4.78 is 0. The maximum absolute atomic E-state index is 2.48. The minimum Gasteiger partial charge on any atom is -0.0628 e. The molecule has 0 saturated carbocycles. The second-order valence-corrected chi connectivity index (χ2v) is 10.4. The van der Waals surface area contributed by atoms with Gasteiger partial charge in [0, 0.05) is 0 Å². The molecule has 0 N–H and O–H groups in total. The smallest absolute Gasteiger partial charge is 0.0274 e. The third-order valence-corrected chi connectivity index (χ3v) is 6.89. The van der Waals surface area contributed by atoms with E-state index in [4.69, 9.17) is 0 Å². The van der Waals surface area contributed by atoms with E-state index in [0.717, 1.165) is 23.7 Å². The molecular weight excluding hydrogens is 336 g/mol. The van der Waals surface area contributed by atoms with Crippen molar-refractivity contribution in [3.63, 3.8) is 0 Å². The molecule has 0 nitrogen and oxygen atoms in total. The summed E-state index contributed by atoms with van der Waals surface area (Å²) >= 11 is 0. The summed E-state index contributed by atoms with van der Waals surface area (Å²) in [6, 6.07) is 6.77. The lowest BCUT2D eigenvalue weighted by Crippen LogP contribution is -2.03. The van der Waals surface area contributed by atoms with Crippen LogP contribution in [0.3, 0.4) is 0 Å². The first kappa shape index (κ1) is 25.3. The fourth-order valence-corrected chi connectivity index (χ4v) is 4.42. The molecule has 0 aliphatic carbocycles. The summed E-state index contributed by atoms with van der Waals surface area (Å²) in [4.78, 5) is 0. The zero-order valence-electron chi connectivity index (χ0n) is 20.3. The molecule has 0 saturated heterocycles. The van der Waals surface area contributed by atoms with Crippen LogP contribution < -0.4 is 0 Å². The van der Waals surface area contributed by atoms with E-state index in [1.807, 2.05) is 0 Å². The molecule has 1 aromatic carbocycles. The molecule has 162 valence electrons. The Hall–Kier alpha value is -0.780. The molecule has 0 fully saturated rings. The standard InChI is InChI=1S/C28H50/c1-22(2)12-8-13-23(3)14-9-15-24(4)16-10-17-25(5)20-21-28-19-11-18-26(6)27(28)7/h11,18-19,22-25H,8-10,12-17,20-21H2,1-7H3. The zero-order valence-corrected chi connectivity index (χ0v) is 20.3. The van der Waals surface area contributed by atoms with Gasteiger partial charge in [-0.25, -0.2) is 0 Å². The molecule has 3 atom stereocenters. The van der Waals surface area contributed by atoms with Crippen molar-refractivity contribution in [3.05, 3.63) is 34.9 Å². The van der Waals surface area contributed by atoms with Gasteiger partial charge in [0.1, 0.15) is 0 Å². The summed E-state index contributed by atoms with van der Waals surface area (Å²) in [5.74, 6) is 3.56. The SMILES string of the molecule is Cc1cccc(CCC(C)CCCC(C)CCCC(C)CCCC(C)C)c1C. The summed E-state index contributed by atoms with van der Waals surface area (Å²) in [7, 11) is 0. The van der Waals surface area contributed by atoms with Gasteiger partial charge >= 0.3 is 0 Å². The normalized spacial score (nSPS) is 15.0. The van der Waals surface area contributed by atoms with Gasteiger partial charge in [-0.05, 0) is 67.1 Å². The molecule has 0 aliphatic heterocycles. The van der Waals surface area contributed by atoms with Crippen LogP contribution in [0, 0.1) is 37.5 Å². The Bertz CT molecular complexity index is 513. The summed E-state index contributed by atoms with van der Waals surface area (Å²) in [6.45, 7) is 16.6. The second kappa shape index (κ2) is 14.2. The van der Waals surface area contributed by atoms with Crippen molar-refractivity contribution >= 4 is 0 Å². The van der Waals surface area contributed by atoms with E-state index in [2.05, 4.69) is 66.7 Å². The van der Waals surface area contributed by atoms with Crippen LogP contribution in [-0.4, -0.2) is 0 Å². The Labute approximate surface area is 177 Å². The number of benzene rings is 1. The maximum Gasteiger partial charge on any atom is -0.0274 e. The van der Waals surface area contributed by atoms with Gasteiger partial charge in [-0.3, -0.25) is 0 Å². The van der Waals surface area contributed by atoms with Gasteiger partial charge in [0.25, 0.3) is 0 Å². The molecular formula is C28H50. The quantitative estimate of drug-likeness (QED) is 0.281. The van der Waals surface area contributed by atoms with Gasteiger partial charge in [-0.1, -0.05) is 111 Å². The predicted molar refractivity (Wildman–Crippen MR) is 128 cm³/mol. The molecule has 0 spiro atoms. The zero-order chi connectivity index (χ0) is 20.9. The van der Waals surface area contributed by atoms with Gasteiger partial charge in [-0.2, -0.15) is 0 Å². The van der Waals surface area contributed by atoms with Crippen LogP contribution in [0.15, 0.2) is 18.2 Å². The topological polar surface area (TPSA) is 0 Å².